The van der Waals surface area contributed by atoms with Gasteiger partial charge in [-0.05, 0) is 37.3 Å². The topological polar surface area (TPSA) is 50.5 Å². The van der Waals surface area contributed by atoms with E-state index >= 15 is 0 Å². The minimum absolute atomic E-state index is 0.0537. The third-order valence-electron chi connectivity index (χ3n) is 6.19. The number of rotatable bonds is 12. The highest BCUT2D eigenvalue weighted by Crippen LogP contribution is 2.36. The first-order valence-electron chi connectivity index (χ1n) is 12.1. The number of halogens is 2. The van der Waals surface area contributed by atoms with Crippen LogP contribution in [0.2, 0.25) is 0 Å². The average Bonchev–Trinajstić information content (AvgIpc) is 3.58. The minimum atomic E-state index is -0.766. The number of benzene rings is 2. The van der Waals surface area contributed by atoms with Crippen molar-refractivity contribution in [2.24, 2.45) is 13.0 Å². The summed E-state index contributed by atoms with van der Waals surface area (Å²) in [5.41, 5.74) is 2.51. The van der Waals surface area contributed by atoms with Gasteiger partial charge in [0.05, 0.1) is 11.7 Å². The van der Waals surface area contributed by atoms with Crippen molar-refractivity contribution in [3.8, 4) is 22.9 Å². The van der Waals surface area contributed by atoms with Gasteiger partial charge >= 0.3 is 0 Å². The molecule has 1 heterocycles. The second kappa shape index (κ2) is 11.1. The minimum Gasteiger partial charge on any atom is -0.436 e. The molecule has 1 saturated carbocycles. The Kier molecular flexibility index (Phi) is 7.95. The van der Waals surface area contributed by atoms with E-state index in [0.717, 1.165) is 48.7 Å². The van der Waals surface area contributed by atoms with Crippen LogP contribution < -0.4 is 4.74 Å². The smallest absolute Gasteiger partial charge is 0.222 e. The third kappa shape index (κ3) is 6.21. The molecule has 1 fully saturated rings. The summed E-state index contributed by atoms with van der Waals surface area (Å²) in [6.07, 6.45) is 4.78. The second-order valence-electron chi connectivity index (χ2n) is 9.23. The molecular formula is C27H33F2N3O2. The zero-order valence-corrected chi connectivity index (χ0v) is 19.9. The number of aliphatic hydroxyl groups excluding tert-OH is 1. The largest absolute Gasteiger partial charge is 0.436 e. The fraction of sp³-hybridized carbons (Fsp3) is 0.444. The molecule has 0 bridgehead atoms. The van der Waals surface area contributed by atoms with Crippen molar-refractivity contribution in [3.05, 3.63) is 65.7 Å². The number of ether oxygens (including phenoxy) is 1. The number of aromatic nitrogens is 2. The molecule has 3 aromatic rings. The maximum absolute atomic E-state index is 14.4. The van der Waals surface area contributed by atoms with Crippen molar-refractivity contribution >= 4 is 0 Å². The van der Waals surface area contributed by atoms with Gasteiger partial charge in [-0.25, -0.2) is 13.5 Å². The van der Waals surface area contributed by atoms with Gasteiger partial charge in [-0.2, -0.15) is 5.10 Å². The number of unbranched alkanes of at least 4 members (excludes halogenated alkanes) is 1. The van der Waals surface area contributed by atoms with Crippen LogP contribution in [0.15, 0.2) is 48.5 Å². The summed E-state index contributed by atoms with van der Waals surface area (Å²) in [4.78, 5) is 2.26. The number of aryl methyl sites for hydroxylation is 1. The molecule has 1 atom stereocenters. The normalized spacial score (nSPS) is 14.5. The van der Waals surface area contributed by atoms with Crippen LogP contribution in [-0.2, 0) is 13.6 Å². The zero-order valence-electron chi connectivity index (χ0n) is 19.9. The molecule has 0 spiro atoms. The zero-order chi connectivity index (χ0) is 24.1. The van der Waals surface area contributed by atoms with Gasteiger partial charge in [0.25, 0.3) is 0 Å². The van der Waals surface area contributed by atoms with E-state index < -0.39 is 17.7 Å². The van der Waals surface area contributed by atoms with Crippen LogP contribution in [0, 0.1) is 17.6 Å². The Balaban J connectivity index is 1.68. The van der Waals surface area contributed by atoms with Crippen molar-refractivity contribution in [1.29, 1.82) is 0 Å². The Labute approximate surface area is 200 Å². The monoisotopic (exact) mass is 469 g/mol. The summed E-state index contributed by atoms with van der Waals surface area (Å²) in [7, 11) is 1.76. The number of hydrogen-bond acceptors (Lipinski definition) is 4. The lowest BCUT2D eigenvalue weighted by atomic mass is 10.1. The Morgan fingerprint density at radius 3 is 2.62 bits per heavy atom. The molecule has 7 heteroatoms. The average molecular weight is 470 g/mol. The molecule has 1 aliphatic carbocycles. The van der Waals surface area contributed by atoms with Crippen molar-refractivity contribution in [2.45, 2.75) is 51.7 Å². The predicted molar refractivity (Wildman–Crippen MR) is 129 cm³/mol. The molecule has 0 saturated heterocycles. The third-order valence-corrected chi connectivity index (χ3v) is 6.19. The quantitative estimate of drug-likeness (QED) is 0.358. The van der Waals surface area contributed by atoms with E-state index in [1.165, 1.54) is 25.0 Å². The Morgan fingerprint density at radius 2 is 1.94 bits per heavy atom. The first-order valence-corrected chi connectivity index (χ1v) is 12.1. The van der Waals surface area contributed by atoms with Gasteiger partial charge in [-0.3, -0.25) is 4.90 Å². The maximum Gasteiger partial charge on any atom is 0.222 e. The molecule has 0 aliphatic heterocycles. The van der Waals surface area contributed by atoms with Crippen LogP contribution in [-0.4, -0.2) is 39.0 Å². The van der Waals surface area contributed by atoms with Crippen LogP contribution in [0.25, 0.3) is 11.3 Å². The van der Waals surface area contributed by atoms with Crippen LogP contribution >= 0.6 is 0 Å². The highest BCUT2D eigenvalue weighted by atomic mass is 19.1. The van der Waals surface area contributed by atoms with Crippen molar-refractivity contribution < 1.29 is 18.6 Å². The highest BCUT2D eigenvalue weighted by Gasteiger charge is 2.28. The van der Waals surface area contributed by atoms with Crippen LogP contribution in [0.5, 0.6) is 11.6 Å². The van der Waals surface area contributed by atoms with E-state index in [-0.39, 0.29) is 5.75 Å². The van der Waals surface area contributed by atoms with Gasteiger partial charge in [0, 0.05) is 38.3 Å². The Morgan fingerprint density at radius 1 is 1.18 bits per heavy atom. The fourth-order valence-electron chi connectivity index (χ4n) is 4.23. The van der Waals surface area contributed by atoms with Gasteiger partial charge in [-0.15, -0.1) is 0 Å². The van der Waals surface area contributed by atoms with Gasteiger partial charge < -0.3 is 9.84 Å². The van der Waals surface area contributed by atoms with Crippen molar-refractivity contribution in [1.82, 2.24) is 14.7 Å². The lowest BCUT2D eigenvalue weighted by Gasteiger charge is -2.25. The molecule has 182 valence electrons. The van der Waals surface area contributed by atoms with E-state index in [2.05, 4.69) is 11.8 Å². The van der Waals surface area contributed by atoms with E-state index in [1.54, 1.807) is 11.7 Å². The molecule has 5 nitrogen and oxygen atoms in total. The summed E-state index contributed by atoms with van der Waals surface area (Å²) in [5.74, 6) is -0.431. The molecule has 0 unspecified atom stereocenters. The molecule has 0 amide bonds. The van der Waals surface area contributed by atoms with Crippen molar-refractivity contribution in [2.75, 3.05) is 13.1 Å². The molecule has 0 radical (unpaired) electrons. The molecule has 34 heavy (non-hydrogen) atoms. The summed E-state index contributed by atoms with van der Waals surface area (Å²) in [5, 5.41) is 15.3. The van der Waals surface area contributed by atoms with Gasteiger partial charge in [0.2, 0.25) is 5.88 Å². The van der Waals surface area contributed by atoms with Gasteiger partial charge in [0.1, 0.15) is 11.5 Å². The second-order valence-corrected chi connectivity index (χ2v) is 9.23. The SMILES string of the molecule is CCCC[C@@H](O)CN(Cc1c(-c2ccccc2)nn(C)c1Oc1ccc(F)cc1F)CC1CC1. The standard InChI is InChI=1S/C27H33F2N3O2/c1-3-4-10-22(33)17-32(16-19-11-12-19)18-23-26(20-8-6-5-7-9-20)30-31(2)27(23)34-25-14-13-21(28)15-24(25)29/h5-9,13-15,19,22,33H,3-4,10-12,16-18H2,1-2H3/t22-/m1/s1. The maximum atomic E-state index is 14.4. The van der Waals surface area contributed by atoms with Crippen LogP contribution in [0.4, 0.5) is 8.78 Å². The predicted octanol–water partition coefficient (Wildman–Crippen LogP) is 5.92. The van der Waals surface area contributed by atoms with E-state index in [9.17, 15) is 13.9 Å². The van der Waals surface area contributed by atoms with Gasteiger partial charge in [-0.1, -0.05) is 50.1 Å². The fourth-order valence-corrected chi connectivity index (χ4v) is 4.23. The Hall–Kier alpha value is -2.77. The van der Waals surface area contributed by atoms with E-state index in [0.29, 0.717) is 24.9 Å². The first kappa shape index (κ1) is 24.4. The molecule has 2 aromatic carbocycles. The summed E-state index contributed by atoms with van der Waals surface area (Å²) < 4.78 is 35.5. The van der Waals surface area contributed by atoms with Crippen LogP contribution in [0.3, 0.4) is 0 Å². The molecular weight excluding hydrogens is 436 g/mol. The lowest BCUT2D eigenvalue weighted by molar-refractivity contribution is 0.0966. The van der Waals surface area contributed by atoms with Crippen molar-refractivity contribution in [3.63, 3.8) is 0 Å². The molecule has 1 aromatic heterocycles. The van der Waals surface area contributed by atoms with E-state index in [4.69, 9.17) is 9.84 Å². The number of hydrogen-bond donors (Lipinski definition) is 1. The Bertz CT molecular complexity index is 1080. The van der Waals surface area contributed by atoms with Crippen LogP contribution in [0.1, 0.15) is 44.6 Å². The summed E-state index contributed by atoms with van der Waals surface area (Å²) >= 11 is 0. The molecule has 4 rings (SSSR count). The summed E-state index contributed by atoms with van der Waals surface area (Å²) in [6.45, 7) is 4.07. The number of aliphatic hydroxyl groups is 1. The first-order chi connectivity index (χ1) is 16.4. The molecule has 1 N–H and O–H groups in total. The lowest BCUT2D eigenvalue weighted by Crippen LogP contribution is -2.34. The highest BCUT2D eigenvalue weighted by molar-refractivity contribution is 5.65. The number of nitrogens with zero attached hydrogens (tertiary/aromatic N) is 3. The van der Waals surface area contributed by atoms with Gasteiger partial charge in [0.15, 0.2) is 11.6 Å². The summed E-state index contributed by atoms with van der Waals surface area (Å²) in [6, 6.07) is 13.1. The van der Waals surface area contributed by atoms with E-state index in [1.807, 2.05) is 30.3 Å². The molecule has 1 aliphatic rings.